The summed E-state index contributed by atoms with van der Waals surface area (Å²) < 4.78 is 5.37. The first-order valence-corrected chi connectivity index (χ1v) is 12.5. The second-order valence-corrected chi connectivity index (χ2v) is 8.96. The number of benzene rings is 2. The third-order valence-electron chi connectivity index (χ3n) is 5.26. The highest BCUT2D eigenvalue weighted by molar-refractivity contribution is 7.09. The van der Waals surface area contributed by atoms with Crippen molar-refractivity contribution in [3.63, 3.8) is 0 Å². The first-order valence-electron chi connectivity index (χ1n) is 11.6. The molecule has 1 atom stereocenters. The van der Waals surface area contributed by atoms with Gasteiger partial charge < -0.3 is 20.3 Å². The maximum absolute atomic E-state index is 13.8. The number of nitrogens with one attached hydrogen (secondary N) is 2. The van der Waals surface area contributed by atoms with Crippen LogP contribution in [-0.2, 0) is 20.9 Å². The van der Waals surface area contributed by atoms with Crippen LogP contribution >= 0.6 is 11.3 Å². The van der Waals surface area contributed by atoms with E-state index in [0.29, 0.717) is 37.4 Å². The van der Waals surface area contributed by atoms with Gasteiger partial charge in [0.1, 0.15) is 6.04 Å². The van der Waals surface area contributed by atoms with Gasteiger partial charge in [-0.25, -0.2) is 0 Å². The van der Waals surface area contributed by atoms with Crippen molar-refractivity contribution in [1.29, 1.82) is 0 Å². The Morgan fingerprint density at radius 2 is 1.74 bits per heavy atom. The van der Waals surface area contributed by atoms with E-state index in [-0.39, 0.29) is 24.3 Å². The minimum Gasteiger partial charge on any atom is -0.382 e. The SMILES string of the molecule is CCOCCCNC(=O)[C@H](c1ccccc1)N(Cc1cccs1)C(=O)c1ccc(NC(C)=O)cc1. The average molecular weight is 494 g/mol. The highest BCUT2D eigenvalue weighted by atomic mass is 32.1. The molecule has 8 heteroatoms. The number of carbonyl (C=O) groups excluding carboxylic acids is 3. The van der Waals surface area contributed by atoms with Gasteiger partial charge >= 0.3 is 0 Å². The Bertz CT molecular complexity index is 1090. The predicted octanol–water partition coefficient (Wildman–Crippen LogP) is 4.63. The first kappa shape index (κ1) is 26.1. The highest BCUT2D eigenvalue weighted by Gasteiger charge is 2.32. The van der Waals surface area contributed by atoms with E-state index in [9.17, 15) is 14.4 Å². The number of thiophene rings is 1. The van der Waals surface area contributed by atoms with Crippen molar-refractivity contribution in [1.82, 2.24) is 10.2 Å². The van der Waals surface area contributed by atoms with Crippen LogP contribution in [0.1, 0.15) is 47.1 Å². The maximum Gasteiger partial charge on any atom is 0.255 e. The molecule has 0 fully saturated rings. The van der Waals surface area contributed by atoms with Crippen molar-refractivity contribution in [3.8, 4) is 0 Å². The summed E-state index contributed by atoms with van der Waals surface area (Å²) in [6.45, 7) is 5.29. The topological polar surface area (TPSA) is 87.7 Å². The summed E-state index contributed by atoms with van der Waals surface area (Å²) in [5.41, 5.74) is 1.76. The summed E-state index contributed by atoms with van der Waals surface area (Å²) in [6.07, 6.45) is 0.685. The zero-order valence-corrected chi connectivity index (χ0v) is 20.8. The number of ether oxygens (including phenoxy) is 1. The molecule has 0 unspecified atom stereocenters. The minimum atomic E-state index is -0.812. The molecule has 7 nitrogen and oxygen atoms in total. The van der Waals surface area contributed by atoms with Gasteiger partial charge in [0.2, 0.25) is 11.8 Å². The van der Waals surface area contributed by atoms with Crippen molar-refractivity contribution in [2.75, 3.05) is 25.1 Å². The van der Waals surface area contributed by atoms with Crippen LogP contribution < -0.4 is 10.6 Å². The molecule has 0 aliphatic heterocycles. The van der Waals surface area contributed by atoms with Gasteiger partial charge in [0.25, 0.3) is 5.91 Å². The number of amides is 3. The first-order chi connectivity index (χ1) is 17.0. The third kappa shape index (κ3) is 7.77. The lowest BCUT2D eigenvalue weighted by atomic mass is 10.0. The summed E-state index contributed by atoms with van der Waals surface area (Å²) >= 11 is 1.53. The van der Waals surface area contributed by atoms with Gasteiger partial charge in [0, 0.05) is 42.8 Å². The molecule has 0 saturated heterocycles. The lowest BCUT2D eigenvalue weighted by Crippen LogP contribution is -2.43. The molecule has 184 valence electrons. The molecule has 1 heterocycles. The van der Waals surface area contributed by atoms with E-state index in [1.807, 2.05) is 54.8 Å². The number of anilines is 1. The Kier molecular flexibility index (Phi) is 10.0. The average Bonchev–Trinajstić information content (AvgIpc) is 3.37. The Morgan fingerprint density at radius 3 is 2.37 bits per heavy atom. The van der Waals surface area contributed by atoms with Crippen LogP contribution in [0, 0.1) is 0 Å². The molecule has 0 aliphatic carbocycles. The van der Waals surface area contributed by atoms with Crippen LogP contribution in [0.5, 0.6) is 0 Å². The Morgan fingerprint density at radius 1 is 1.00 bits per heavy atom. The Labute approximate surface area is 210 Å². The fourth-order valence-electron chi connectivity index (χ4n) is 3.65. The molecular weight excluding hydrogens is 462 g/mol. The van der Waals surface area contributed by atoms with Crippen LogP contribution in [0.15, 0.2) is 72.1 Å². The van der Waals surface area contributed by atoms with Gasteiger partial charge in [-0.15, -0.1) is 11.3 Å². The van der Waals surface area contributed by atoms with Crippen LogP contribution in [0.4, 0.5) is 5.69 Å². The summed E-state index contributed by atoms with van der Waals surface area (Å²) in [5, 5.41) is 7.63. The molecular formula is C27H31N3O4S. The van der Waals surface area contributed by atoms with E-state index in [4.69, 9.17) is 4.74 Å². The van der Waals surface area contributed by atoms with Crippen molar-refractivity contribution in [3.05, 3.63) is 88.1 Å². The monoisotopic (exact) mass is 493 g/mol. The number of nitrogens with zero attached hydrogens (tertiary/aromatic N) is 1. The van der Waals surface area contributed by atoms with E-state index in [1.165, 1.54) is 18.3 Å². The number of hydrogen-bond donors (Lipinski definition) is 2. The molecule has 2 N–H and O–H groups in total. The lowest BCUT2D eigenvalue weighted by Gasteiger charge is -2.31. The fourth-order valence-corrected chi connectivity index (χ4v) is 4.35. The van der Waals surface area contributed by atoms with Gasteiger partial charge in [0.15, 0.2) is 0 Å². The Hall–Kier alpha value is -3.49. The van der Waals surface area contributed by atoms with Crippen molar-refractivity contribution < 1.29 is 19.1 Å². The van der Waals surface area contributed by atoms with E-state index in [1.54, 1.807) is 29.2 Å². The molecule has 3 aromatic rings. The largest absolute Gasteiger partial charge is 0.382 e. The molecule has 0 spiro atoms. The van der Waals surface area contributed by atoms with Gasteiger partial charge in [-0.3, -0.25) is 14.4 Å². The molecule has 0 radical (unpaired) electrons. The highest BCUT2D eigenvalue weighted by Crippen LogP contribution is 2.27. The van der Waals surface area contributed by atoms with E-state index in [2.05, 4.69) is 10.6 Å². The second-order valence-electron chi connectivity index (χ2n) is 7.93. The summed E-state index contributed by atoms with van der Waals surface area (Å²) in [5.74, 6) is -0.702. The quantitative estimate of drug-likeness (QED) is 0.360. The smallest absolute Gasteiger partial charge is 0.255 e. The molecule has 3 amide bonds. The van der Waals surface area contributed by atoms with E-state index < -0.39 is 6.04 Å². The van der Waals surface area contributed by atoms with Crippen LogP contribution in [-0.4, -0.2) is 42.4 Å². The normalized spacial score (nSPS) is 11.5. The summed E-state index contributed by atoms with van der Waals surface area (Å²) in [4.78, 5) is 41.2. The molecule has 2 aromatic carbocycles. The van der Waals surface area contributed by atoms with Gasteiger partial charge in [-0.05, 0) is 54.6 Å². The molecule has 0 aliphatic rings. The van der Waals surface area contributed by atoms with Crippen molar-refractivity contribution in [2.24, 2.45) is 0 Å². The van der Waals surface area contributed by atoms with Gasteiger partial charge in [-0.2, -0.15) is 0 Å². The minimum absolute atomic E-state index is 0.187. The third-order valence-corrected chi connectivity index (χ3v) is 6.12. The maximum atomic E-state index is 13.8. The number of carbonyl (C=O) groups is 3. The summed E-state index contributed by atoms with van der Waals surface area (Å²) in [7, 11) is 0. The Balaban J connectivity index is 1.91. The van der Waals surface area contributed by atoms with Crippen LogP contribution in [0.25, 0.3) is 0 Å². The van der Waals surface area contributed by atoms with Crippen molar-refractivity contribution in [2.45, 2.75) is 32.9 Å². The standard InChI is InChI=1S/C27H31N3O4S/c1-3-34-17-8-16-28-26(32)25(21-9-5-4-6-10-21)30(19-24-11-7-18-35-24)27(33)22-12-14-23(15-13-22)29-20(2)31/h4-7,9-15,18,25H,3,8,16-17,19H2,1-2H3,(H,28,32)(H,29,31)/t25-/m0/s1. The molecule has 0 bridgehead atoms. The molecule has 0 saturated carbocycles. The van der Waals surface area contributed by atoms with Gasteiger partial charge in [-0.1, -0.05) is 36.4 Å². The van der Waals surface area contributed by atoms with Crippen LogP contribution in [0.2, 0.25) is 0 Å². The molecule has 35 heavy (non-hydrogen) atoms. The second kappa shape index (κ2) is 13.4. The molecule has 1 aromatic heterocycles. The van der Waals surface area contributed by atoms with Gasteiger partial charge in [0.05, 0.1) is 6.54 Å². The molecule has 3 rings (SSSR count). The van der Waals surface area contributed by atoms with Crippen molar-refractivity contribution >= 4 is 34.7 Å². The van der Waals surface area contributed by atoms with E-state index in [0.717, 1.165) is 10.4 Å². The number of hydrogen-bond acceptors (Lipinski definition) is 5. The van der Waals surface area contributed by atoms with Crippen LogP contribution in [0.3, 0.4) is 0 Å². The summed E-state index contributed by atoms with van der Waals surface area (Å²) in [6, 6.07) is 19.1. The lowest BCUT2D eigenvalue weighted by molar-refractivity contribution is -0.126. The van der Waals surface area contributed by atoms with E-state index >= 15 is 0 Å². The zero-order chi connectivity index (χ0) is 25.0. The predicted molar refractivity (Wildman–Crippen MR) is 138 cm³/mol. The number of rotatable bonds is 12. The fraction of sp³-hybridized carbons (Fsp3) is 0.296. The zero-order valence-electron chi connectivity index (χ0n) is 20.0.